The summed E-state index contributed by atoms with van der Waals surface area (Å²) in [4.78, 5) is 15.5. The molecule has 0 saturated carbocycles. The van der Waals surface area contributed by atoms with Crippen molar-refractivity contribution in [2.45, 2.75) is 13.0 Å². The predicted octanol–water partition coefficient (Wildman–Crippen LogP) is 2.72. The summed E-state index contributed by atoms with van der Waals surface area (Å²) >= 11 is 0. The number of fused-ring (bicyclic) bond motifs is 1. The number of hydrogen-bond donors (Lipinski definition) is 0. The van der Waals surface area contributed by atoms with Crippen LogP contribution in [0.5, 0.6) is 0 Å². The van der Waals surface area contributed by atoms with Gasteiger partial charge in [0.1, 0.15) is 0 Å². The van der Waals surface area contributed by atoms with E-state index in [0.717, 1.165) is 50.5 Å². The number of ether oxygens (including phenoxy) is 1. The number of rotatable bonds is 4. The quantitative estimate of drug-likeness (QED) is 0.734. The van der Waals surface area contributed by atoms with Crippen molar-refractivity contribution >= 4 is 10.9 Å². The average Bonchev–Trinajstić information content (AvgIpc) is 2.88. The van der Waals surface area contributed by atoms with E-state index in [-0.39, 0.29) is 0 Å². The third-order valence-corrected chi connectivity index (χ3v) is 4.67. The van der Waals surface area contributed by atoms with Crippen molar-refractivity contribution in [3.63, 3.8) is 0 Å². The van der Waals surface area contributed by atoms with Crippen LogP contribution in [0.25, 0.3) is 10.9 Å². The first-order valence-corrected chi connectivity index (χ1v) is 8.76. The van der Waals surface area contributed by atoms with E-state index in [1.165, 1.54) is 10.9 Å². The van der Waals surface area contributed by atoms with E-state index in [1.54, 1.807) is 12.4 Å². The molecule has 2 aromatic heterocycles. The third-order valence-electron chi connectivity index (χ3n) is 4.67. The van der Waals surface area contributed by atoms with Crippen LogP contribution in [-0.4, -0.2) is 46.2 Å². The molecule has 0 bridgehead atoms. The van der Waals surface area contributed by atoms with Gasteiger partial charge in [-0.2, -0.15) is 0 Å². The molecular weight excluding hydrogens is 312 g/mol. The van der Waals surface area contributed by atoms with Crippen LogP contribution in [0.4, 0.5) is 0 Å². The molecule has 128 valence electrons. The molecule has 0 amide bonds. The SMILES string of the molecule is c1ccc2c(CN3CCOC[C@@H](Cc4cnccn4)C3)ccnc2c1. The summed E-state index contributed by atoms with van der Waals surface area (Å²) in [5, 5.41) is 1.24. The topological polar surface area (TPSA) is 51.1 Å². The Kier molecular flexibility index (Phi) is 4.95. The summed E-state index contributed by atoms with van der Waals surface area (Å²) in [5.41, 5.74) is 3.42. The summed E-state index contributed by atoms with van der Waals surface area (Å²) in [6, 6.07) is 10.5. The number of para-hydroxylation sites is 1. The van der Waals surface area contributed by atoms with Gasteiger partial charge in [0.05, 0.1) is 24.4 Å². The Morgan fingerprint density at radius 2 is 2.04 bits per heavy atom. The number of benzene rings is 1. The van der Waals surface area contributed by atoms with E-state index >= 15 is 0 Å². The van der Waals surface area contributed by atoms with E-state index in [2.05, 4.69) is 44.1 Å². The van der Waals surface area contributed by atoms with Gasteiger partial charge < -0.3 is 4.74 Å². The van der Waals surface area contributed by atoms with Crippen molar-refractivity contribution in [3.8, 4) is 0 Å². The van der Waals surface area contributed by atoms with Crippen molar-refractivity contribution in [2.75, 3.05) is 26.3 Å². The van der Waals surface area contributed by atoms with Gasteiger partial charge in [0.25, 0.3) is 0 Å². The molecule has 1 saturated heterocycles. The molecule has 1 atom stereocenters. The second-order valence-corrected chi connectivity index (χ2v) is 6.56. The number of nitrogens with zero attached hydrogens (tertiary/aromatic N) is 4. The number of aromatic nitrogens is 3. The fourth-order valence-corrected chi connectivity index (χ4v) is 3.48. The van der Waals surface area contributed by atoms with E-state index in [4.69, 9.17) is 4.74 Å². The lowest BCUT2D eigenvalue weighted by molar-refractivity contribution is 0.121. The van der Waals surface area contributed by atoms with Crippen molar-refractivity contribution in [3.05, 3.63) is 66.4 Å². The van der Waals surface area contributed by atoms with Gasteiger partial charge in [0, 0.05) is 55.7 Å². The van der Waals surface area contributed by atoms with Gasteiger partial charge in [0.15, 0.2) is 0 Å². The van der Waals surface area contributed by atoms with Crippen molar-refractivity contribution in [1.82, 2.24) is 19.9 Å². The Hall–Kier alpha value is -2.37. The van der Waals surface area contributed by atoms with E-state index in [0.29, 0.717) is 5.92 Å². The minimum absolute atomic E-state index is 0.437. The van der Waals surface area contributed by atoms with Gasteiger partial charge in [-0.25, -0.2) is 0 Å². The zero-order valence-corrected chi connectivity index (χ0v) is 14.2. The highest BCUT2D eigenvalue weighted by atomic mass is 16.5. The van der Waals surface area contributed by atoms with Gasteiger partial charge in [-0.3, -0.25) is 19.9 Å². The highest BCUT2D eigenvalue weighted by Gasteiger charge is 2.20. The maximum atomic E-state index is 5.83. The number of hydrogen-bond acceptors (Lipinski definition) is 5. The molecule has 0 N–H and O–H groups in total. The first-order valence-electron chi connectivity index (χ1n) is 8.76. The summed E-state index contributed by atoms with van der Waals surface area (Å²) in [7, 11) is 0. The molecule has 1 aliphatic rings. The maximum absolute atomic E-state index is 5.83. The van der Waals surface area contributed by atoms with Crippen LogP contribution in [0.3, 0.4) is 0 Å². The minimum Gasteiger partial charge on any atom is -0.380 e. The van der Waals surface area contributed by atoms with E-state index in [1.807, 2.05) is 18.5 Å². The molecule has 0 aliphatic carbocycles. The second kappa shape index (κ2) is 7.68. The lowest BCUT2D eigenvalue weighted by Crippen LogP contribution is -2.30. The standard InChI is InChI=1S/C20H22N4O/c1-2-4-20-19(3-1)17(5-6-23-20)14-24-9-10-25-15-16(13-24)11-18-12-21-7-8-22-18/h1-8,12,16H,9-11,13-15H2/t16-/m0/s1. The lowest BCUT2D eigenvalue weighted by atomic mass is 10.0. The Morgan fingerprint density at radius 3 is 2.96 bits per heavy atom. The van der Waals surface area contributed by atoms with Crippen molar-refractivity contribution in [1.29, 1.82) is 0 Å². The van der Waals surface area contributed by atoms with Gasteiger partial charge in [-0.05, 0) is 24.1 Å². The van der Waals surface area contributed by atoms with Crippen LogP contribution in [0.1, 0.15) is 11.3 Å². The zero-order chi connectivity index (χ0) is 16.9. The predicted molar refractivity (Wildman–Crippen MR) is 97.1 cm³/mol. The van der Waals surface area contributed by atoms with Gasteiger partial charge in [-0.1, -0.05) is 18.2 Å². The molecule has 5 heteroatoms. The highest BCUT2D eigenvalue weighted by Crippen LogP contribution is 2.20. The minimum atomic E-state index is 0.437. The fourth-order valence-electron chi connectivity index (χ4n) is 3.48. The normalized spacial score (nSPS) is 19.0. The Bertz CT molecular complexity index is 819. The molecule has 5 nitrogen and oxygen atoms in total. The molecule has 3 aromatic rings. The fraction of sp³-hybridized carbons (Fsp3) is 0.350. The molecule has 0 spiro atoms. The Labute approximate surface area is 147 Å². The van der Waals surface area contributed by atoms with E-state index in [9.17, 15) is 0 Å². The molecule has 1 aromatic carbocycles. The van der Waals surface area contributed by atoms with Gasteiger partial charge in [-0.15, -0.1) is 0 Å². The first-order chi connectivity index (χ1) is 12.4. The molecule has 0 radical (unpaired) electrons. The van der Waals surface area contributed by atoms with E-state index < -0.39 is 0 Å². The largest absolute Gasteiger partial charge is 0.380 e. The highest BCUT2D eigenvalue weighted by molar-refractivity contribution is 5.81. The maximum Gasteiger partial charge on any atom is 0.0705 e. The van der Waals surface area contributed by atoms with Crippen molar-refractivity contribution in [2.24, 2.45) is 5.92 Å². The Balaban J connectivity index is 1.49. The molecule has 3 heterocycles. The molecule has 1 fully saturated rings. The summed E-state index contributed by atoms with van der Waals surface area (Å²) in [5.74, 6) is 0.437. The monoisotopic (exact) mass is 334 g/mol. The van der Waals surface area contributed by atoms with Gasteiger partial charge >= 0.3 is 0 Å². The third kappa shape index (κ3) is 4.00. The summed E-state index contributed by atoms with van der Waals surface area (Å²) in [6.07, 6.45) is 8.14. The number of pyridine rings is 1. The molecule has 1 aliphatic heterocycles. The molecule has 25 heavy (non-hydrogen) atoms. The first kappa shape index (κ1) is 16.1. The second-order valence-electron chi connectivity index (χ2n) is 6.56. The van der Waals surface area contributed by atoms with Crippen LogP contribution in [0.15, 0.2) is 55.1 Å². The van der Waals surface area contributed by atoms with Crippen LogP contribution in [0.2, 0.25) is 0 Å². The lowest BCUT2D eigenvalue weighted by Gasteiger charge is -2.23. The van der Waals surface area contributed by atoms with Gasteiger partial charge in [0.2, 0.25) is 0 Å². The molecule has 0 unspecified atom stereocenters. The summed E-state index contributed by atoms with van der Waals surface area (Å²) < 4.78 is 5.83. The molecular formula is C20H22N4O. The Morgan fingerprint density at radius 1 is 1.08 bits per heavy atom. The van der Waals surface area contributed by atoms with Crippen LogP contribution in [-0.2, 0) is 17.7 Å². The molecule has 4 rings (SSSR count). The summed E-state index contributed by atoms with van der Waals surface area (Å²) in [6.45, 7) is 4.44. The average molecular weight is 334 g/mol. The zero-order valence-electron chi connectivity index (χ0n) is 14.2. The van der Waals surface area contributed by atoms with Crippen molar-refractivity contribution < 1.29 is 4.74 Å². The smallest absolute Gasteiger partial charge is 0.0705 e. The van der Waals surface area contributed by atoms with Crippen LogP contribution in [0, 0.1) is 5.92 Å². The van der Waals surface area contributed by atoms with Crippen LogP contribution >= 0.6 is 0 Å². The van der Waals surface area contributed by atoms with Crippen LogP contribution < -0.4 is 0 Å².